The van der Waals surface area contributed by atoms with Crippen LogP contribution in [0.5, 0.6) is 0 Å². The average molecular weight is 235 g/mol. The first-order chi connectivity index (χ1) is 8.09. The molecule has 2 aromatic rings. The van der Waals surface area contributed by atoms with Crippen molar-refractivity contribution in [3.8, 4) is 0 Å². The Morgan fingerprint density at radius 1 is 1.18 bits per heavy atom. The van der Waals surface area contributed by atoms with Crippen molar-refractivity contribution in [2.24, 2.45) is 0 Å². The van der Waals surface area contributed by atoms with E-state index in [9.17, 15) is 13.9 Å². The number of aryl methyl sites for hydroxylation is 1. The van der Waals surface area contributed by atoms with Crippen LogP contribution in [0.3, 0.4) is 0 Å². The summed E-state index contributed by atoms with van der Waals surface area (Å²) in [5.74, 6) is -0.940. The van der Waals surface area contributed by atoms with Crippen LogP contribution >= 0.6 is 0 Å². The maximum absolute atomic E-state index is 13.4. The molecule has 0 aliphatic rings. The van der Waals surface area contributed by atoms with Crippen molar-refractivity contribution in [2.45, 2.75) is 13.0 Å². The highest BCUT2D eigenvalue weighted by molar-refractivity contribution is 5.30. The van der Waals surface area contributed by atoms with Crippen LogP contribution in [0, 0.1) is 18.6 Å². The second-order valence-corrected chi connectivity index (χ2v) is 3.78. The van der Waals surface area contributed by atoms with Crippen molar-refractivity contribution in [2.75, 3.05) is 0 Å². The summed E-state index contributed by atoms with van der Waals surface area (Å²) >= 11 is 0. The number of aliphatic hydroxyl groups is 1. The molecule has 1 aromatic carbocycles. The summed E-state index contributed by atoms with van der Waals surface area (Å²) in [6.07, 6.45) is 0.216. The Morgan fingerprint density at radius 2 is 1.94 bits per heavy atom. The molecule has 0 aliphatic carbocycles. The fraction of sp³-hybridized carbons (Fsp3) is 0.154. The van der Waals surface area contributed by atoms with Gasteiger partial charge in [-0.05, 0) is 36.2 Å². The van der Waals surface area contributed by atoms with E-state index in [4.69, 9.17) is 0 Å². The number of pyridine rings is 1. The highest BCUT2D eigenvalue weighted by Gasteiger charge is 2.16. The number of benzene rings is 1. The first kappa shape index (κ1) is 11.7. The molecule has 1 unspecified atom stereocenters. The van der Waals surface area contributed by atoms with Gasteiger partial charge < -0.3 is 5.11 Å². The highest BCUT2D eigenvalue weighted by Crippen LogP contribution is 2.23. The molecule has 88 valence electrons. The predicted molar refractivity (Wildman–Crippen MR) is 59.4 cm³/mol. The van der Waals surface area contributed by atoms with Crippen LogP contribution < -0.4 is 0 Å². The largest absolute Gasteiger partial charge is 0.382 e. The monoisotopic (exact) mass is 235 g/mol. The summed E-state index contributed by atoms with van der Waals surface area (Å²) in [4.78, 5) is 3.79. The first-order valence-electron chi connectivity index (χ1n) is 5.14. The Kier molecular flexibility index (Phi) is 3.15. The molecule has 2 nitrogen and oxygen atoms in total. The van der Waals surface area contributed by atoms with E-state index < -0.39 is 11.9 Å². The van der Waals surface area contributed by atoms with Gasteiger partial charge in [0.2, 0.25) is 0 Å². The Hall–Kier alpha value is -1.81. The van der Waals surface area contributed by atoms with Crippen LogP contribution in [0.1, 0.15) is 22.9 Å². The van der Waals surface area contributed by atoms with Gasteiger partial charge in [0, 0.05) is 6.20 Å². The third kappa shape index (κ3) is 2.31. The zero-order valence-corrected chi connectivity index (χ0v) is 9.19. The molecule has 4 heteroatoms. The molecule has 1 heterocycles. The number of aromatic nitrogens is 1. The summed E-state index contributed by atoms with van der Waals surface area (Å²) in [7, 11) is 0. The second kappa shape index (κ2) is 4.59. The maximum Gasteiger partial charge on any atom is 0.147 e. The van der Waals surface area contributed by atoms with E-state index in [1.54, 1.807) is 6.92 Å². The lowest BCUT2D eigenvalue weighted by molar-refractivity contribution is 0.209. The normalized spacial score (nSPS) is 12.5. The van der Waals surface area contributed by atoms with Crippen LogP contribution in [0.4, 0.5) is 8.78 Å². The minimum atomic E-state index is -1.18. The summed E-state index contributed by atoms with van der Waals surface area (Å²) in [5, 5.41) is 9.96. The van der Waals surface area contributed by atoms with E-state index >= 15 is 0 Å². The number of halogens is 2. The zero-order chi connectivity index (χ0) is 12.4. The van der Waals surface area contributed by atoms with Crippen molar-refractivity contribution in [3.63, 3.8) is 0 Å². The summed E-state index contributed by atoms with van der Waals surface area (Å²) in [6, 6.07) is 6.81. The lowest BCUT2D eigenvalue weighted by Gasteiger charge is -2.12. The van der Waals surface area contributed by atoms with Crippen LogP contribution in [0.15, 0.2) is 36.5 Å². The summed E-state index contributed by atoms with van der Waals surface area (Å²) < 4.78 is 26.5. The lowest BCUT2D eigenvalue weighted by atomic mass is 10.0. The van der Waals surface area contributed by atoms with Crippen LogP contribution in [0.25, 0.3) is 0 Å². The fourth-order valence-electron chi connectivity index (χ4n) is 1.59. The minimum absolute atomic E-state index is 0.0569. The third-order valence-corrected chi connectivity index (χ3v) is 2.54. The molecule has 0 saturated carbocycles. The van der Waals surface area contributed by atoms with Crippen molar-refractivity contribution >= 4 is 0 Å². The molecule has 1 N–H and O–H groups in total. The maximum atomic E-state index is 13.4. The molecule has 2 rings (SSSR count). The SMILES string of the molecule is Cc1cc(C(O)c2ncccc2F)ccc1F. The zero-order valence-electron chi connectivity index (χ0n) is 9.19. The molecule has 0 saturated heterocycles. The number of aliphatic hydroxyl groups excluding tert-OH is 1. The van der Waals surface area contributed by atoms with Crippen molar-refractivity contribution in [1.82, 2.24) is 4.98 Å². The topological polar surface area (TPSA) is 33.1 Å². The number of nitrogens with zero attached hydrogens (tertiary/aromatic N) is 1. The van der Waals surface area contributed by atoms with Gasteiger partial charge in [0.15, 0.2) is 0 Å². The standard InChI is InChI=1S/C13H11F2NO/c1-8-7-9(4-5-10(8)14)13(17)12-11(15)3-2-6-16-12/h2-7,13,17H,1H3. The van der Waals surface area contributed by atoms with Crippen LogP contribution in [-0.4, -0.2) is 10.1 Å². The number of hydrogen-bond donors (Lipinski definition) is 1. The van der Waals surface area contributed by atoms with E-state index in [1.165, 1.54) is 36.5 Å². The molecule has 0 spiro atoms. The summed E-state index contributed by atoms with van der Waals surface area (Å²) in [6.45, 7) is 1.58. The van der Waals surface area contributed by atoms with Crippen molar-refractivity contribution in [1.29, 1.82) is 0 Å². The molecule has 0 radical (unpaired) electrons. The first-order valence-corrected chi connectivity index (χ1v) is 5.14. The molecule has 17 heavy (non-hydrogen) atoms. The van der Waals surface area contributed by atoms with E-state index in [0.29, 0.717) is 11.1 Å². The van der Waals surface area contributed by atoms with Crippen LogP contribution in [-0.2, 0) is 0 Å². The molecule has 0 bridgehead atoms. The van der Waals surface area contributed by atoms with Gasteiger partial charge in [-0.3, -0.25) is 4.98 Å². The Labute approximate surface area is 97.6 Å². The number of rotatable bonds is 2. The summed E-state index contributed by atoms with van der Waals surface area (Å²) in [5.41, 5.74) is 0.762. The molecule has 1 atom stereocenters. The van der Waals surface area contributed by atoms with Crippen molar-refractivity contribution in [3.05, 3.63) is 65.0 Å². The third-order valence-electron chi connectivity index (χ3n) is 2.54. The quantitative estimate of drug-likeness (QED) is 0.868. The molecular formula is C13H11F2NO. The fourth-order valence-corrected chi connectivity index (χ4v) is 1.59. The smallest absolute Gasteiger partial charge is 0.147 e. The van der Waals surface area contributed by atoms with Gasteiger partial charge in [-0.2, -0.15) is 0 Å². The van der Waals surface area contributed by atoms with Crippen LogP contribution in [0.2, 0.25) is 0 Å². The number of hydrogen-bond acceptors (Lipinski definition) is 2. The Bertz CT molecular complexity index is 543. The molecule has 0 amide bonds. The van der Waals surface area contributed by atoms with E-state index in [2.05, 4.69) is 4.98 Å². The van der Waals surface area contributed by atoms with Gasteiger partial charge in [-0.25, -0.2) is 8.78 Å². The van der Waals surface area contributed by atoms with Gasteiger partial charge in [0.05, 0.1) is 0 Å². The van der Waals surface area contributed by atoms with Gasteiger partial charge in [-0.15, -0.1) is 0 Å². The molecule has 1 aromatic heterocycles. The highest BCUT2D eigenvalue weighted by atomic mass is 19.1. The Morgan fingerprint density at radius 3 is 2.59 bits per heavy atom. The van der Waals surface area contributed by atoms with Gasteiger partial charge >= 0.3 is 0 Å². The van der Waals surface area contributed by atoms with E-state index in [0.717, 1.165) is 0 Å². The van der Waals surface area contributed by atoms with Gasteiger partial charge in [0.1, 0.15) is 23.4 Å². The molecule has 0 fully saturated rings. The van der Waals surface area contributed by atoms with Crippen molar-refractivity contribution < 1.29 is 13.9 Å². The lowest BCUT2D eigenvalue weighted by Crippen LogP contribution is -2.05. The van der Waals surface area contributed by atoms with E-state index in [-0.39, 0.29) is 11.5 Å². The average Bonchev–Trinajstić information content (AvgIpc) is 2.32. The van der Waals surface area contributed by atoms with Gasteiger partial charge in [0.25, 0.3) is 0 Å². The second-order valence-electron chi connectivity index (χ2n) is 3.78. The molecular weight excluding hydrogens is 224 g/mol. The predicted octanol–water partition coefficient (Wildman–Crippen LogP) is 2.75. The van der Waals surface area contributed by atoms with E-state index in [1.807, 2.05) is 0 Å². The Balaban J connectivity index is 2.40. The van der Waals surface area contributed by atoms with Gasteiger partial charge in [-0.1, -0.05) is 12.1 Å². The molecule has 0 aliphatic heterocycles. The minimum Gasteiger partial charge on any atom is -0.382 e.